The van der Waals surface area contributed by atoms with E-state index in [4.69, 9.17) is 0 Å². The summed E-state index contributed by atoms with van der Waals surface area (Å²) in [5, 5.41) is 6.05. The molecule has 1 aromatic rings. The first-order valence-corrected chi connectivity index (χ1v) is 7.76. The van der Waals surface area contributed by atoms with Gasteiger partial charge < -0.3 is 5.32 Å². The molecule has 2 rings (SSSR count). The molecule has 2 heteroatoms. The lowest BCUT2D eigenvalue weighted by molar-refractivity contribution is 0.217. The van der Waals surface area contributed by atoms with Crippen LogP contribution in [0, 0.1) is 18.8 Å². The van der Waals surface area contributed by atoms with Gasteiger partial charge in [-0.05, 0) is 62.0 Å². The first-order chi connectivity index (χ1) is 8.08. The summed E-state index contributed by atoms with van der Waals surface area (Å²) in [7, 11) is 0. The fourth-order valence-electron chi connectivity index (χ4n) is 3.14. The zero-order chi connectivity index (χ0) is 12.4. The van der Waals surface area contributed by atoms with Crippen molar-refractivity contribution in [1.29, 1.82) is 0 Å². The summed E-state index contributed by atoms with van der Waals surface area (Å²) in [6, 6.07) is 3.45. The van der Waals surface area contributed by atoms with Gasteiger partial charge in [0.2, 0.25) is 0 Å². The third-order valence-electron chi connectivity index (χ3n) is 4.19. The van der Waals surface area contributed by atoms with Crippen LogP contribution in [0.25, 0.3) is 0 Å². The lowest BCUT2D eigenvalue weighted by atomic mass is 9.79. The second kappa shape index (κ2) is 5.53. The van der Waals surface area contributed by atoms with E-state index in [0.717, 1.165) is 11.8 Å². The number of hydrogen-bond donors (Lipinski definition) is 1. The van der Waals surface area contributed by atoms with E-state index in [0.29, 0.717) is 12.1 Å². The van der Waals surface area contributed by atoms with Gasteiger partial charge in [-0.25, -0.2) is 0 Å². The minimum Gasteiger partial charge on any atom is -0.306 e. The summed E-state index contributed by atoms with van der Waals surface area (Å²) in [6.07, 6.45) is 4.11. The quantitative estimate of drug-likeness (QED) is 0.832. The van der Waals surface area contributed by atoms with Crippen LogP contribution in [-0.4, -0.2) is 6.04 Å². The molecule has 1 fully saturated rings. The van der Waals surface area contributed by atoms with Crippen molar-refractivity contribution >= 4 is 11.3 Å². The van der Waals surface area contributed by atoms with Gasteiger partial charge in [0.25, 0.3) is 0 Å². The van der Waals surface area contributed by atoms with E-state index in [2.05, 4.69) is 44.5 Å². The first kappa shape index (κ1) is 13.1. The molecule has 0 saturated heterocycles. The number of nitrogens with one attached hydrogen (secondary N) is 1. The Morgan fingerprint density at radius 3 is 2.71 bits per heavy atom. The van der Waals surface area contributed by atoms with Gasteiger partial charge in [0, 0.05) is 17.0 Å². The van der Waals surface area contributed by atoms with Crippen molar-refractivity contribution in [3.63, 3.8) is 0 Å². The Morgan fingerprint density at radius 2 is 2.12 bits per heavy atom. The molecule has 0 radical (unpaired) electrons. The molecule has 4 atom stereocenters. The van der Waals surface area contributed by atoms with Gasteiger partial charge in [-0.15, -0.1) is 11.3 Å². The lowest BCUT2D eigenvalue weighted by Gasteiger charge is -2.35. The molecule has 1 nitrogen and oxygen atoms in total. The largest absolute Gasteiger partial charge is 0.306 e. The zero-order valence-electron chi connectivity index (χ0n) is 11.5. The van der Waals surface area contributed by atoms with E-state index < -0.39 is 0 Å². The van der Waals surface area contributed by atoms with Gasteiger partial charge >= 0.3 is 0 Å². The topological polar surface area (TPSA) is 12.0 Å². The van der Waals surface area contributed by atoms with Crippen molar-refractivity contribution in [1.82, 2.24) is 5.32 Å². The molecular weight excluding hydrogens is 226 g/mol. The number of hydrogen-bond acceptors (Lipinski definition) is 2. The minimum atomic E-state index is 0.510. The van der Waals surface area contributed by atoms with Gasteiger partial charge in [0.15, 0.2) is 0 Å². The summed E-state index contributed by atoms with van der Waals surface area (Å²) in [6.45, 7) is 9.32. The molecule has 1 aliphatic rings. The Bertz CT molecular complexity index is 358. The van der Waals surface area contributed by atoms with Gasteiger partial charge in [0.1, 0.15) is 0 Å². The summed E-state index contributed by atoms with van der Waals surface area (Å²) in [5.74, 6) is 1.74. The van der Waals surface area contributed by atoms with Crippen LogP contribution in [0.2, 0.25) is 0 Å². The summed E-state index contributed by atoms with van der Waals surface area (Å²) >= 11 is 1.89. The van der Waals surface area contributed by atoms with Crippen molar-refractivity contribution in [3.8, 4) is 0 Å². The van der Waals surface area contributed by atoms with E-state index in [1.807, 2.05) is 11.3 Å². The Balaban J connectivity index is 1.95. The molecule has 1 aromatic heterocycles. The second-order valence-electron chi connectivity index (χ2n) is 5.86. The van der Waals surface area contributed by atoms with Crippen LogP contribution in [-0.2, 0) is 0 Å². The van der Waals surface area contributed by atoms with E-state index >= 15 is 0 Å². The molecule has 1 N–H and O–H groups in total. The Hall–Kier alpha value is -0.340. The standard InChI is InChI=1S/C15H25NS/c1-10-5-6-14(12(3)9-10)16-13(4)15-11(2)7-8-17-15/h7-8,10,12-14,16H,5-6,9H2,1-4H3. The third kappa shape index (κ3) is 3.11. The molecular formula is C15H25NS. The highest BCUT2D eigenvalue weighted by atomic mass is 32.1. The van der Waals surface area contributed by atoms with E-state index in [1.165, 1.54) is 29.7 Å². The molecule has 0 spiro atoms. The molecule has 1 heterocycles. The first-order valence-electron chi connectivity index (χ1n) is 6.88. The van der Waals surface area contributed by atoms with Gasteiger partial charge in [-0.2, -0.15) is 0 Å². The third-order valence-corrected chi connectivity index (χ3v) is 5.39. The number of aryl methyl sites for hydroxylation is 1. The van der Waals surface area contributed by atoms with Crippen LogP contribution in [0.3, 0.4) is 0 Å². The normalized spacial score (nSPS) is 31.4. The molecule has 0 bridgehead atoms. The van der Waals surface area contributed by atoms with Crippen LogP contribution in [0.15, 0.2) is 11.4 Å². The summed E-state index contributed by atoms with van der Waals surface area (Å²) < 4.78 is 0. The zero-order valence-corrected chi connectivity index (χ0v) is 12.3. The molecule has 4 unspecified atom stereocenters. The molecule has 17 heavy (non-hydrogen) atoms. The fraction of sp³-hybridized carbons (Fsp3) is 0.733. The Kier molecular flexibility index (Phi) is 4.26. The maximum Gasteiger partial charge on any atom is 0.0391 e. The highest BCUT2D eigenvalue weighted by Gasteiger charge is 2.26. The minimum absolute atomic E-state index is 0.510. The van der Waals surface area contributed by atoms with Crippen LogP contribution >= 0.6 is 11.3 Å². The van der Waals surface area contributed by atoms with Gasteiger partial charge in [0.05, 0.1) is 0 Å². The second-order valence-corrected chi connectivity index (χ2v) is 6.81. The van der Waals surface area contributed by atoms with Crippen LogP contribution in [0.1, 0.15) is 56.5 Å². The Morgan fingerprint density at radius 1 is 1.35 bits per heavy atom. The smallest absolute Gasteiger partial charge is 0.0391 e. The molecule has 0 amide bonds. The van der Waals surface area contributed by atoms with E-state index in [1.54, 1.807) is 0 Å². The molecule has 1 saturated carbocycles. The highest BCUT2D eigenvalue weighted by molar-refractivity contribution is 7.10. The van der Waals surface area contributed by atoms with E-state index in [9.17, 15) is 0 Å². The van der Waals surface area contributed by atoms with Gasteiger partial charge in [-0.3, -0.25) is 0 Å². The number of rotatable bonds is 3. The van der Waals surface area contributed by atoms with Crippen LogP contribution < -0.4 is 5.32 Å². The lowest BCUT2D eigenvalue weighted by Crippen LogP contribution is -2.40. The average molecular weight is 251 g/mol. The van der Waals surface area contributed by atoms with Crippen molar-refractivity contribution in [3.05, 3.63) is 21.9 Å². The average Bonchev–Trinajstić information content (AvgIpc) is 2.68. The van der Waals surface area contributed by atoms with Gasteiger partial charge in [-0.1, -0.05) is 13.8 Å². The van der Waals surface area contributed by atoms with Crippen LogP contribution in [0.5, 0.6) is 0 Å². The van der Waals surface area contributed by atoms with Crippen molar-refractivity contribution in [2.75, 3.05) is 0 Å². The maximum atomic E-state index is 3.84. The Labute approximate surface area is 110 Å². The highest BCUT2D eigenvalue weighted by Crippen LogP contribution is 2.31. The number of thiophene rings is 1. The predicted molar refractivity (Wildman–Crippen MR) is 76.6 cm³/mol. The predicted octanol–water partition coefficient (Wildman–Crippen LogP) is 4.53. The maximum absolute atomic E-state index is 3.84. The summed E-state index contributed by atoms with van der Waals surface area (Å²) in [5.41, 5.74) is 1.44. The molecule has 0 aliphatic heterocycles. The monoisotopic (exact) mass is 251 g/mol. The van der Waals surface area contributed by atoms with Crippen molar-refractivity contribution in [2.45, 2.75) is 59.0 Å². The molecule has 96 valence electrons. The SMILES string of the molecule is Cc1ccsc1C(C)NC1CCC(C)CC1C. The fourth-order valence-corrected chi connectivity index (χ4v) is 4.08. The molecule has 1 aliphatic carbocycles. The van der Waals surface area contributed by atoms with Crippen molar-refractivity contribution in [2.24, 2.45) is 11.8 Å². The van der Waals surface area contributed by atoms with E-state index in [-0.39, 0.29) is 0 Å². The van der Waals surface area contributed by atoms with Crippen molar-refractivity contribution < 1.29 is 0 Å². The van der Waals surface area contributed by atoms with Crippen LogP contribution in [0.4, 0.5) is 0 Å². The molecule has 0 aromatic carbocycles. The summed E-state index contributed by atoms with van der Waals surface area (Å²) in [4.78, 5) is 1.51.